The van der Waals surface area contributed by atoms with Gasteiger partial charge in [-0.05, 0) is 6.42 Å². The summed E-state index contributed by atoms with van der Waals surface area (Å²) in [6.45, 7) is 3.29. The van der Waals surface area contributed by atoms with E-state index in [1.165, 1.54) is 6.92 Å². The van der Waals surface area contributed by atoms with Gasteiger partial charge in [0.1, 0.15) is 0 Å². The van der Waals surface area contributed by atoms with Crippen LogP contribution in [0.3, 0.4) is 0 Å². The Balaban J connectivity index is 0.000000515. The molecule has 0 spiro atoms. The van der Waals surface area contributed by atoms with Crippen LogP contribution in [0.4, 0.5) is 5.69 Å². The Hall–Kier alpha value is -1.76. The van der Waals surface area contributed by atoms with Crippen LogP contribution >= 0.6 is 0 Å². The number of amides is 1. The zero-order chi connectivity index (χ0) is 18.0. The minimum absolute atomic E-state index is 0.00951. The summed E-state index contributed by atoms with van der Waals surface area (Å²) < 4.78 is 28.6. The normalized spacial score (nSPS) is 10.4. The van der Waals surface area contributed by atoms with Gasteiger partial charge >= 0.3 is 94.1 Å². The molecule has 5 N–H and O–H groups in total. The first-order valence-corrected chi connectivity index (χ1v) is 10.3. The van der Waals surface area contributed by atoms with Crippen LogP contribution in [-0.4, -0.2) is 44.5 Å². The van der Waals surface area contributed by atoms with Crippen molar-refractivity contribution in [2.45, 2.75) is 39.5 Å². The van der Waals surface area contributed by atoms with Gasteiger partial charge in [0.25, 0.3) is 0 Å². The largest absolute Gasteiger partial charge is 0.481 e. The van der Waals surface area contributed by atoms with Crippen molar-refractivity contribution in [1.29, 1.82) is 0 Å². The number of carbonyl (C=O) groups is 2. The Labute approximate surface area is 137 Å². The van der Waals surface area contributed by atoms with E-state index >= 15 is 0 Å². The fourth-order valence-electron chi connectivity index (χ4n) is 1.52. The van der Waals surface area contributed by atoms with Crippen molar-refractivity contribution in [3.63, 3.8) is 0 Å². The molecule has 1 aromatic rings. The molecule has 0 atom stereocenters. The fraction of sp³-hybridized carbons (Fsp3) is 0.429. The molecule has 8 nitrogen and oxygen atoms in total. The molecule has 9 heteroatoms. The SMILES string of the molecule is CC(=O)Nc1cc([As](=O)(O)O)ccc1O.CCCCCC(=O)O. The monoisotopic (exact) mass is 391 g/mol. The first-order chi connectivity index (χ1) is 10.6. The molecule has 0 aliphatic heterocycles. The van der Waals surface area contributed by atoms with Gasteiger partial charge in [0.2, 0.25) is 0 Å². The standard InChI is InChI=1S/C8H10AsNO5.C6H12O2/c1-5(11)10-7-4-6(9(13,14)15)2-3-8(7)12;1-2-3-4-5-6(7)8/h2-4,12H,1H3,(H,10,11)(H2,13,14,15);2-5H2,1H3,(H,7,8). The van der Waals surface area contributed by atoms with Gasteiger partial charge in [0.05, 0.1) is 0 Å². The van der Waals surface area contributed by atoms with Gasteiger partial charge in [-0.1, -0.05) is 19.8 Å². The second-order valence-electron chi connectivity index (χ2n) is 4.78. The second kappa shape index (κ2) is 10.1. The average Bonchev–Trinajstić information content (AvgIpc) is 2.40. The predicted octanol–water partition coefficient (Wildman–Crippen LogP) is 0.563. The van der Waals surface area contributed by atoms with Crippen molar-refractivity contribution in [2.75, 3.05) is 5.32 Å². The molecule has 130 valence electrons. The number of anilines is 1. The summed E-state index contributed by atoms with van der Waals surface area (Å²) in [6, 6.07) is 3.32. The van der Waals surface area contributed by atoms with Gasteiger partial charge in [-0.2, -0.15) is 0 Å². The summed E-state index contributed by atoms with van der Waals surface area (Å²) in [5, 5.41) is 19.7. The molecule has 0 aliphatic carbocycles. The maximum atomic E-state index is 10.9. The van der Waals surface area contributed by atoms with Gasteiger partial charge in [-0.3, -0.25) is 4.79 Å². The van der Waals surface area contributed by atoms with Crippen molar-refractivity contribution < 1.29 is 31.7 Å². The number of phenols is 1. The number of rotatable bonds is 6. The molecule has 0 aromatic heterocycles. The third-order valence-corrected chi connectivity index (χ3v) is 4.62. The minimum atomic E-state index is -4.98. The van der Waals surface area contributed by atoms with Gasteiger partial charge in [-0.25, -0.2) is 0 Å². The number of aromatic hydroxyl groups is 1. The number of carbonyl (C=O) groups excluding carboxylic acids is 1. The third kappa shape index (κ3) is 9.78. The number of hydrogen-bond donors (Lipinski definition) is 5. The maximum Gasteiger partial charge on any atom is 0.303 e. The fourth-order valence-corrected chi connectivity index (χ4v) is 2.71. The molecule has 0 saturated heterocycles. The molecule has 1 rings (SSSR count). The zero-order valence-electron chi connectivity index (χ0n) is 13.0. The molecule has 23 heavy (non-hydrogen) atoms. The number of benzene rings is 1. The van der Waals surface area contributed by atoms with E-state index in [4.69, 9.17) is 13.3 Å². The summed E-state index contributed by atoms with van der Waals surface area (Å²) in [6.07, 6.45) is 3.28. The van der Waals surface area contributed by atoms with E-state index in [9.17, 15) is 18.4 Å². The number of hydrogen-bond acceptors (Lipinski definition) is 4. The number of carboxylic acid groups (broad SMARTS) is 1. The topological polar surface area (TPSA) is 144 Å². The summed E-state index contributed by atoms with van der Waals surface area (Å²) in [7, 11) is 0. The molecule has 1 amide bonds. The average molecular weight is 391 g/mol. The first-order valence-electron chi connectivity index (χ1n) is 6.96. The second-order valence-corrected chi connectivity index (χ2v) is 8.14. The van der Waals surface area contributed by atoms with Crippen molar-refractivity contribution in [3.8, 4) is 5.75 Å². The van der Waals surface area contributed by atoms with Crippen molar-refractivity contribution >= 4 is 36.1 Å². The molecule has 0 saturated carbocycles. The Morgan fingerprint density at radius 1 is 1.22 bits per heavy atom. The van der Waals surface area contributed by atoms with E-state index in [2.05, 4.69) is 12.2 Å². The minimum Gasteiger partial charge on any atom is -0.481 e. The van der Waals surface area contributed by atoms with Crippen LogP contribution in [0, 0.1) is 0 Å². The first kappa shape index (κ1) is 21.2. The number of nitrogens with one attached hydrogen (secondary N) is 1. The van der Waals surface area contributed by atoms with E-state index in [0.29, 0.717) is 6.42 Å². The smallest absolute Gasteiger partial charge is 0.303 e. The van der Waals surface area contributed by atoms with Gasteiger partial charge < -0.3 is 5.11 Å². The maximum absolute atomic E-state index is 10.9. The van der Waals surface area contributed by atoms with E-state index in [-0.39, 0.29) is 15.8 Å². The zero-order valence-corrected chi connectivity index (χ0v) is 14.9. The summed E-state index contributed by atoms with van der Waals surface area (Å²) in [5.74, 6) is -1.35. The Morgan fingerprint density at radius 2 is 1.83 bits per heavy atom. The van der Waals surface area contributed by atoms with Crippen LogP contribution in [0.2, 0.25) is 0 Å². The summed E-state index contributed by atoms with van der Waals surface area (Å²) in [5.41, 5.74) is -0.00951. The Morgan fingerprint density at radius 3 is 2.26 bits per heavy atom. The number of carboxylic acids is 1. The number of aliphatic carboxylic acids is 1. The molecule has 1 aromatic carbocycles. The van der Waals surface area contributed by atoms with Gasteiger partial charge in [-0.15, -0.1) is 0 Å². The van der Waals surface area contributed by atoms with Crippen LogP contribution in [0.25, 0.3) is 0 Å². The van der Waals surface area contributed by atoms with Crippen LogP contribution in [-0.2, 0) is 13.3 Å². The predicted molar refractivity (Wildman–Crippen MR) is 84.7 cm³/mol. The number of unbranched alkanes of at least 4 members (excludes halogenated alkanes) is 2. The van der Waals surface area contributed by atoms with Crippen LogP contribution < -0.4 is 9.67 Å². The molecule has 0 unspecified atom stereocenters. The molecule has 0 bridgehead atoms. The van der Waals surface area contributed by atoms with Crippen molar-refractivity contribution in [2.24, 2.45) is 0 Å². The Kier molecular flexibility index (Phi) is 9.32. The Bertz CT molecular complexity index is 582. The third-order valence-electron chi connectivity index (χ3n) is 2.62. The molecule has 0 aliphatic rings. The van der Waals surface area contributed by atoms with Gasteiger partial charge in [0, 0.05) is 6.42 Å². The molecule has 0 radical (unpaired) electrons. The summed E-state index contributed by atoms with van der Waals surface area (Å²) in [4.78, 5) is 20.6. The van der Waals surface area contributed by atoms with Crippen LogP contribution in [0.1, 0.15) is 39.5 Å². The van der Waals surface area contributed by atoms with E-state index in [1.807, 2.05) is 0 Å². The number of phenolic OH excluding ortho intramolecular Hbond substituents is 1. The van der Waals surface area contributed by atoms with Crippen molar-refractivity contribution in [1.82, 2.24) is 0 Å². The van der Waals surface area contributed by atoms with Crippen molar-refractivity contribution in [3.05, 3.63) is 18.2 Å². The van der Waals surface area contributed by atoms with E-state index < -0.39 is 26.0 Å². The van der Waals surface area contributed by atoms with E-state index in [0.717, 1.165) is 37.5 Å². The molecule has 0 heterocycles. The summed E-state index contributed by atoms with van der Waals surface area (Å²) >= 11 is -4.98. The molecular formula is C14H22AsNO7. The molecule has 0 fully saturated rings. The quantitative estimate of drug-likeness (QED) is 0.271. The van der Waals surface area contributed by atoms with Crippen LogP contribution in [0.15, 0.2) is 18.2 Å². The van der Waals surface area contributed by atoms with Crippen LogP contribution in [0.5, 0.6) is 5.75 Å². The molecular weight excluding hydrogens is 369 g/mol. The van der Waals surface area contributed by atoms with E-state index in [1.54, 1.807) is 0 Å². The van der Waals surface area contributed by atoms with Gasteiger partial charge in [0.15, 0.2) is 0 Å².